The highest BCUT2D eigenvalue weighted by Gasteiger charge is 2.00. The van der Waals surface area contributed by atoms with Crippen molar-refractivity contribution in [3.05, 3.63) is 35.4 Å². The number of carbonyl (C=O) groups is 1. The van der Waals surface area contributed by atoms with Crippen molar-refractivity contribution in [2.75, 3.05) is 0 Å². The lowest BCUT2D eigenvalue weighted by Crippen LogP contribution is -1.96. The molecular formula is C11H16O2. The van der Waals surface area contributed by atoms with E-state index in [0.29, 0.717) is 5.56 Å². The molecule has 72 valence electrons. The monoisotopic (exact) mass is 180 g/mol. The molecule has 0 bridgehead atoms. The molecule has 0 aliphatic carbocycles. The van der Waals surface area contributed by atoms with Crippen LogP contribution in [0.2, 0.25) is 0 Å². The van der Waals surface area contributed by atoms with E-state index in [1.165, 1.54) is 0 Å². The number of benzene rings is 1. The molecule has 0 fully saturated rings. The van der Waals surface area contributed by atoms with Crippen molar-refractivity contribution >= 4 is 5.97 Å². The third-order valence-corrected chi connectivity index (χ3v) is 1.58. The minimum absolute atomic E-state index is 0.365. The number of hydrogen-bond donors (Lipinski definition) is 1. The molecule has 2 nitrogen and oxygen atoms in total. The van der Waals surface area contributed by atoms with Gasteiger partial charge in [0.05, 0.1) is 5.56 Å². The predicted molar refractivity (Wildman–Crippen MR) is 54.1 cm³/mol. The summed E-state index contributed by atoms with van der Waals surface area (Å²) in [5, 5.41) is 8.60. The fourth-order valence-corrected chi connectivity index (χ4v) is 0.924. The summed E-state index contributed by atoms with van der Waals surface area (Å²) in [6.07, 6.45) is 0.876. The smallest absolute Gasteiger partial charge is 0.335 e. The van der Waals surface area contributed by atoms with E-state index in [2.05, 4.69) is 0 Å². The first-order chi connectivity index (χ1) is 6.24. The van der Waals surface area contributed by atoms with Gasteiger partial charge >= 0.3 is 5.97 Å². The standard InChI is InChI=1S/C9H10O2.C2H6/c1-2-7-4-3-5-8(6-7)9(10)11;1-2/h3-6H,2H2,1H3,(H,10,11);1-2H3. The van der Waals surface area contributed by atoms with E-state index in [1.807, 2.05) is 26.8 Å². The fourth-order valence-electron chi connectivity index (χ4n) is 0.924. The van der Waals surface area contributed by atoms with E-state index in [9.17, 15) is 4.79 Å². The van der Waals surface area contributed by atoms with Gasteiger partial charge in [0, 0.05) is 0 Å². The maximum Gasteiger partial charge on any atom is 0.335 e. The van der Waals surface area contributed by atoms with Crippen molar-refractivity contribution in [2.24, 2.45) is 0 Å². The van der Waals surface area contributed by atoms with Gasteiger partial charge in [0.2, 0.25) is 0 Å². The average molecular weight is 180 g/mol. The van der Waals surface area contributed by atoms with E-state index in [-0.39, 0.29) is 0 Å². The maximum absolute atomic E-state index is 10.5. The maximum atomic E-state index is 10.5. The van der Waals surface area contributed by atoms with Gasteiger partial charge in [-0.05, 0) is 24.1 Å². The third-order valence-electron chi connectivity index (χ3n) is 1.58. The van der Waals surface area contributed by atoms with Crippen molar-refractivity contribution in [3.63, 3.8) is 0 Å². The summed E-state index contributed by atoms with van der Waals surface area (Å²) in [6.45, 7) is 6.00. The zero-order chi connectivity index (χ0) is 10.3. The highest BCUT2D eigenvalue weighted by atomic mass is 16.4. The molecule has 0 aliphatic rings. The topological polar surface area (TPSA) is 37.3 Å². The molecule has 1 aromatic rings. The van der Waals surface area contributed by atoms with Gasteiger partial charge in [-0.3, -0.25) is 0 Å². The lowest BCUT2D eigenvalue weighted by Gasteiger charge is -1.97. The Bertz CT molecular complexity index is 267. The van der Waals surface area contributed by atoms with Crippen molar-refractivity contribution in [2.45, 2.75) is 27.2 Å². The van der Waals surface area contributed by atoms with Crippen LogP contribution in [0.1, 0.15) is 36.7 Å². The number of carboxylic acid groups (broad SMARTS) is 1. The van der Waals surface area contributed by atoms with Gasteiger partial charge in [-0.15, -0.1) is 0 Å². The number of aryl methyl sites for hydroxylation is 1. The van der Waals surface area contributed by atoms with Crippen LogP contribution in [0.5, 0.6) is 0 Å². The number of carboxylic acids is 1. The van der Waals surface area contributed by atoms with Gasteiger partial charge in [-0.1, -0.05) is 32.9 Å². The predicted octanol–water partition coefficient (Wildman–Crippen LogP) is 2.97. The lowest BCUT2D eigenvalue weighted by molar-refractivity contribution is 0.0697. The average Bonchev–Trinajstić information content (AvgIpc) is 2.21. The van der Waals surface area contributed by atoms with E-state index in [0.717, 1.165) is 12.0 Å². The van der Waals surface area contributed by atoms with Crippen LogP contribution in [0.4, 0.5) is 0 Å². The van der Waals surface area contributed by atoms with Gasteiger partial charge in [0.15, 0.2) is 0 Å². The first-order valence-electron chi connectivity index (χ1n) is 4.56. The molecule has 0 radical (unpaired) electrons. The molecule has 0 heterocycles. The summed E-state index contributed by atoms with van der Waals surface area (Å²) in [5.74, 6) is -0.861. The van der Waals surface area contributed by atoms with Crippen LogP contribution >= 0.6 is 0 Å². The second kappa shape index (κ2) is 6.23. The molecule has 1 rings (SSSR count). The Balaban J connectivity index is 0.000000671. The summed E-state index contributed by atoms with van der Waals surface area (Å²) in [4.78, 5) is 10.5. The Morgan fingerprint density at radius 3 is 2.46 bits per heavy atom. The molecule has 0 amide bonds. The zero-order valence-corrected chi connectivity index (χ0v) is 8.37. The second-order valence-electron chi connectivity index (χ2n) is 2.36. The Labute approximate surface area is 79.2 Å². The molecule has 1 N–H and O–H groups in total. The second-order valence-corrected chi connectivity index (χ2v) is 2.36. The van der Waals surface area contributed by atoms with Gasteiger partial charge in [-0.25, -0.2) is 4.79 Å². The van der Waals surface area contributed by atoms with Crippen molar-refractivity contribution in [1.29, 1.82) is 0 Å². The largest absolute Gasteiger partial charge is 0.478 e. The summed E-state index contributed by atoms with van der Waals surface area (Å²) >= 11 is 0. The summed E-state index contributed by atoms with van der Waals surface area (Å²) < 4.78 is 0. The summed E-state index contributed by atoms with van der Waals surface area (Å²) in [7, 11) is 0. The van der Waals surface area contributed by atoms with Crippen LogP contribution in [-0.4, -0.2) is 11.1 Å². The molecule has 13 heavy (non-hydrogen) atoms. The van der Waals surface area contributed by atoms with Gasteiger partial charge in [0.25, 0.3) is 0 Å². The molecule has 2 heteroatoms. The highest BCUT2D eigenvalue weighted by Crippen LogP contribution is 2.05. The first kappa shape index (κ1) is 11.7. The van der Waals surface area contributed by atoms with Crippen molar-refractivity contribution in [3.8, 4) is 0 Å². The van der Waals surface area contributed by atoms with E-state index in [1.54, 1.807) is 18.2 Å². The quantitative estimate of drug-likeness (QED) is 0.759. The number of hydrogen-bond acceptors (Lipinski definition) is 1. The molecule has 1 aromatic carbocycles. The molecular weight excluding hydrogens is 164 g/mol. The molecule has 0 aliphatic heterocycles. The molecule has 0 unspecified atom stereocenters. The van der Waals surface area contributed by atoms with Crippen molar-refractivity contribution in [1.82, 2.24) is 0 Å². The SMILES string of the molecule is CC.CCc1cccc(C(=O)O)c1. The van der Waals surface area contributed by atoms with Crippen molar-refractivity contribution < 1.29 is 9.90 Å². The van der Waals surface area contributed by atoms with Gasteiger partial charge in [0.1, 0.15) is 0 Å². The molecule has 0 atom stereocenters. The highest BCUT2D eigenvalue weighted by molar-refractivity contribution is 5.87. The van der Waals surface area contributed by atoms with E-state index < -0.39 is 5.97 Å². The Morgan fingerprint density at radius 2 is 2.00 bits per heavy atom. The number of aromatic carboxylic acids is 1. The Morgan fingerprint density at radius 1 is 1.38 bits per heavy atom. The zero-order valence-electron chi connectivity index (χ0n) is 8.37. The molecule has 0 saturated carbocycles. The van der Waals surface area contributed by atoms with E-state index in [4.69, 9.17) is 5.11 Å². The third kappa shape index (κ3) is 3.74. The fraction of sp³-hybridized carbons (Fsp3) is 0.364. The molecule has 0 aromatic heterocycles. The number of rotatable bonds is 2. The molecule has 0 spiro atoms. The summed E-state index contributed by atoms with van der Waals surface area (Å²) in [5.41, 5.74) is 1.43. The first-order valence-corrected chi connectivity index (χ1v) is 4.56. The summed E-state index contributed by atoms with van der Waals surface area (Å²) in [6, 6.07) is 6.98. The van der Waals surface area contributed by atoms with Crippen LogP contribution in [0.3, 0.4) is 0 Å². The van der Waals surface area contributed by atoms with Crippen LogP contribution in [0.25, 0.3) is 0 Å². The van der Waals surface area contributed by atoms with Crippen LogP contribution in [0, 0.1) is 0 Å². The normalized spacial score (nSPS) is 8.54. The van der Waals surface area contributed by atoms with E-state index >= 15 is 0 Å². The lowest BCUT2D eigenvalue weighted by atomic mass is 10.1. The minimum atomic E-state index is -0.861. The Hall–Kier alpha value is -1.31. The minimum Gasteiger partial charge on any atom is -0.478 e. The van der Waals surface area contributed by atoms with Crippen LogP contribution < -0.4 is 0 Å². The van der Waals surface area contributed by atoms with Crippen LogP contribution in [-0.2, 0) is 6.42 Å². The molecule has 0 saturated heterocycles. The van der Waals surface area contributed by atoms with Crippen LogP contribution in [0.15, 0.2) is 24.3 Å². The van der Waals surface area contributed by atoms with Gasteiger partial charge in [-0.2, -0.15) is 0 Å². The van der Waals surface area contributed by atoms with Gasteiger partial charge < -0.3 is 5.11 Å². The Kier molecular flexibility index (Phi) is 5.60.